The van der Waals surface area contributed by atoms with Crippen LogP contribution in [0.5, 0.6) is 0 Å². The summed E-state index contributed by atoms with van der Waals surface area (Å²) in [6, 6.07) is 6.71. The summed E-state index contributed by atoms with van der Waals surface area (Å²) in [5, 5.41) is 0. The first-order valence-electron chi connectivity index (χ1n) is 6.47. The first-order valence-corrected chi connectivity index (χ1v) is 6.47. The maximum absolute atomic E-state index is 13.6. The summed E-state index contributed by atoms with van der Waals surface area (Å²) in [7, 11) is 0. The van der Waals surface area contributed by atoms with Gasteiger partial charge in [0.05, 0.1) is 0 Å². The van der Waals surface area contributed by atoms with Crippen molar-refractivity contribution in [2.75, 3.05) is 13.1 Å². The third-order valence-corrected chi connectivity index (χ3v) is 3.94. The zero-order valence-corrected chi connectivity index (χ0v) is 10.2. The van der Waals surface area contributed by atoms with Gasteiger partial charge in [0, 0.05) is 36.7 Å². The number of fused-ring (bicyclic) bond motifs is 4. The van der Waals surface area contributed by atoms with Gasteiger partial charge in [0.15, 0.2) is 0 Å². The Balaban J connectivity index is 1.95. The van der Waals surface area contributed by atoms with E-state index in [1.807, 2.05) is 12.1 Å². The second-order valence-electron chi connectivity index (χ2n) is 5.06. The molecule has 0 N–H and O–H groups in total. The molecule has 94 valence electrons. The van der Waals surface area contributed by atoms with E-state index in [0.29, 0.717) is 17.8 Å². The van der Waals surface area contributed by atoms with Gasteiger partial charge in [-0.15, -0.1) is 0 Å². The fraction of sp³-hybridized carbons (Fsp3) is 0.400. The summed E-state index contributed by atoms with van der Waals surface area (Å²) in [6.45, 7) is 1.85. The lowest BCUT2D eigenvalue weighted by atomic mass is 9.94. The SMILES string of the molecule is O=C1C/C(=C/c2ccccc2F)N2CCC1CC2. The standard InChI is InChI=1S/C15H16FNO/c16-14-4-2-1-3-12(14)9-13-10-15(18)11-5-7-17(13)8-6-11/h1-4,9,11H,5-8,10H2/b13-9-. The molecule has 0 aliphatic carbocycles. The minimum Gasteiger partial charge on any atom is -0.374 e. The first kappa shape index (κ1) is 11.5. The van der Waals surface area contributed by atoms with Crippen LogP contribution in [0.15, 0.2) is 30.0 Å². The Kier molecular flexibility index (Phi) is 2.90. The molecule has 0 amide bonds. The van der Waals surface area contributed by atoms with E-state index in [0.717, 1.165) is 31.6 Å². The molecular weight excluding hydrogens is 229 g/mol. The highest BCUT2D eigenvalue weighted by Crippen LogP contribution is 2.31. The number of benzene rings is 1. The van der Waals surface area contributed by atoms with Crippen LogP contribution in [0.3, 0.4) is 0 Å². The van der Waals surface area contributed by atoms with E-state index in [2.05, 4.69) is 4.90 Å². The number of carbonyl (C=O) groups is 1. The number of hydrogen-bond donors (Lipinski definition) is 0. The molecule has 3 aliphatic rings. The number of halogens is 1. The van der Waals surface area contributed by atoms with Crippen LogP contribution in [0.1, 0.15) is 24.8 Å². The molecule has 2 bridgehead atoms. The molecule has 0 aromatic heterocycles. The molecule has 2 nitrogen and oxygen atoms in total. The van der Waals surface area contributed by atoms with Gasteiger partial charge in [-0.05, 0) is 25.0 Å². The minimum absolute atomic E-state index is 0.225. The third-order valence-electron chi connectivity index (χ3n) is 3.94. The molecule has 0 radical (unpaired) electrons. The molecule has 4 rings (SSSR count). The molecule has 3 aliphatic heterocycles. The van der Waals surface area contributed by atoms with Crippen LogP contribution in [0, 0.1) is 11.7 Å². The van der Waals surface area contributed by atoms with E-state index in [9.17, 15) is 9.18 Å². The highest BCUT2D eigenvalue weighted by molar-refractivity contribution is 5.85. The van der Waals surface area contributed by atoms with Gasteiger partial charge < -0.3 is 4.90 Å². The number of ketones is 1. The normalized spacial score (nSPS) is 22.6. The fourth-order valence-corrected chi connectivity index (χ4v) is 2.84. The molecule has 3 heteroatoms. The fourth-order valence-electron chi connectivity index (χ4n) is 2.84. The van der Waals surface area contributed by atoms with Gasteiger partial charge in [0.25, 0.3) is 0 Å². The highest BCUT2D eigenvalue weighted by atomic mass is 19.1. The van der Waals surface area contributed by atoms with Gasteiger partial charge in [0.1, 0.15) is 11.6 Å². The van der Waals surface area contributed by atoms with Crippen molar-refractivity contribution < 1.29 is 9.18 Å². The lowest BCUT2D eigenvalue weighted by Gasteiger charge is -2.29. The van der Waals surface area contributed by atoms with Crippen molar-refractivity contribution in [1.82, 2.24) is 4.90 Å². The predicted molar refractivity (Wildman–Crippen MR) is 68.3 cm³/mol. The van der Waals surface area contributed by atoms with Crippen LogP contribution in [0.25, 0.3) is 6.08 Å². The van der Waals surface area contributed by atoms with E-state index >= 15 is 0 Å². The maximum atomic E-state index is 13.6. The number of nitrogens with zero attached hydrogens (tertiary/aromatic N) is 1. The van der Waals surface area contributed by atoms with Crippen LogP contribution in [0.2, 0.25) is 0 Å². The van der Waals surface area contributed by atoms with Crippen molar-refractivity contribution >= 4 is 11.9 Å². The Morgan fingerprint density at radius 2 is 1.94 bits per heavy atom. The summed E-state index contributed by atoms with van der Waals surface area (Å²) in [6.07, 6.45) is 4.20. The number of Topliss-reactive ketones (excluding diaryl/α,β-unsaturated/α-hetero) is 1. The summed E-state index contributed by atoms with van der Waals surface area (Å²) in [5.74, 6) is 0.322. The smallest absolute Gasteiger partial charge is 0.141 e. The van der Waals surface area contributed by atoms with Crippen molar-refractivity contribution in [2.45, 2.75) is 19.3 Å². The highest BCUT2D eigenvalue weighted by Gasteiger charge is 2.31. The molecule has 18 heavy (non-hydrogen) atoms. The van der Waals surface area contributed by atoms with Gasteiger partial charge in [-0.1, -0.05) is 18.2 Å². The molecule has 1 aromatic rings. The van der Waals surface area contributed by atoms with E-state index in [1.54, 1.807) is 12.1 Å². The van der Waals surface area contributed by atoms with Gasteiger partial charge in [-0.2, -0.15) is 0 Å². The number of piperidine rings is 1. The Bertz CT molecular complexity index is 501. The van der Waals surface area contributed by atoms with Crippen LogP contribution in [0.4, 0.5) is 4.39 Å². The van der Waals surface area contributed by atoms with Gasteiger partial charge in [-0.25, -0.2) is 4.39 Å². The average molecular weight is 245 g/mol. The molecule has 3 saturated heterocycles. The van der Waals surface area contributed by atoms with Crippen molar-refractivity contribution in [3.63, 3.8) is 0 Å². The topological polar surface area (TPSA) is 20.3 Å². The quantitative estimate of drug-likeness (QED) is 0.758. The summed E-state index contributed by atoms with van der Waals surface area (Å²) in [5.41, 5.74) is 1.55. The monoisotopic (exact) mass is 245 g/mol. The molecule has 1 aromatic carbocycles. The van der Waals surface area contributed by atoms with E-state index < -0.39 is 0 Å². The summed E-state index contributed by atoms with van der Waals surface area (Å²) >= 11 is 0. The molecule has 0 unspecified atom stereocenters. The van der Waals surface area contributed by atoms with Crippen LogP contribution in [-0.2, 0) is 4.79 Å². The van der Waals surface area contributed by atoms with Crippen LogP contribution in [-0.4, -0.2) is 23.8 Å². The number of carbonyl (C=O) groups excluding carboxylic acids is 1. The van der Waals surface area contributed by atoms with E-state index in [-0.39, 0.29) is 11.7 Å². The summed E-state index contributed by atoms with van der Waals surface area (Å²) < 4.78 is 13.6. The number of rotatable bonds is 1. The second-order valence-corrected chi connectivity index (χ2v) is 5.06. The summed E-state index contributed by atoms with van der Waals surface area (Å²) in [4.78, 5) is 14.2. The number of hydrogen-bond acceptors (Lipinski definition) is 2. The zero-order valence-electron chi connectivity index (χ0n) is 10.2. The van der Waals surface area contributed by atoms with Crippen molar-refractivity contribution in [3.8, 4) is 0 Å². The largest absolute Gasteiger partial charge is 0.374 e. The molecule has 0 saturated carbocycles. The predicted octanol–water partition coefficient (Wildman–Crippen LogP) is 2.85. The van der Waals surface area contributed by atoms with Gasteiger partial charge in [0.2, 0.25) is 0 Å². The zero-order chi connectivity index (χ0) is 12.5. The Morgan fingerprint density at radius 3 is 2.67 bits per heavy atom. The molecular formula is C15H16FNO. The minimum atomic E-state index is -0.225. The second kappa shape index (κ2) is 4.56. The Hall–Kier alpha value is -1.64. The van der Waals surface area contributed by atoms with E-state index in [1.165, 1.54) is 6.07 Å². The van der Waals surface area contributed by atoms with Crippen LogP contribution >= 0.6 is 0 Å². The van der Waals surface area contributed by atoms with Gasteiger partial charge in [-0.3, -0.25) is 4.79 Å². The molecule has 3 heterocycles. The lowest BCUT2D eigenvalue weighted by molar-refractivity contribution is -0.122. The Labute approximate surface area is 106 Å². The lowest BCUT2D eigenvalue weighted by Crippen LogP contribution is -2.30. The average Bonchev–Trinajstić information content (AvgIpc) is 2.62. The number of allylic oxidation sites excluding steroid dienone is 1. The molecule has 0 atom stereocenters. The maximum Gasteiger partial charge on any atom is 0.141 e. The van der Waals surface area contributed by atoms with Crippen molar-refractivity contribution in [1.29, 1.82) is 0 Å². The molecule has 3 fully saturated rings. The van der Waals surface area contributed by atoms with Crippen molar-refractivity contribution in [2.24, 2.45) is 5.92 Å². The first-order chi connectivity index (χ1) is 8.74. The van der Waals surface area contributed by atoms with Crippen molar-refractivity contribution in [3.05, 3.63) is 41.3 Å². The van der Waals surface area contributed by atoms with Crippen LogP contribution < -0.4 is 0 Å². The third kappa shape index (κ3) is 2.05. The van der Waals surface area contributed by atoms with Gasteiger partial charge >= 0.3 is 0 Å². The van der Waals surface area contributed by atoms with E-state index in [4.69, 9.17) is 0 Å². The molecule has 0 spiro atoms. The Morgan fingerprint density at radius 1 is 1.22 bits per heavy atom.